The molecule has 4 aromatic carbocycles. The summed E-state index contributed by atoms with van der Waals surface area (Å²) in [5, 5.41) is 11.0. The normalized spacial score (nSPS) is 13.9. The van der Waals surface area contributed by atoms with Crippen molar-refractivity contribution in [3.63, 3.8) is 0 Å². The summed E-state index contributed by atoms with van der Waals surface area (Å²) in [6, 6.07) is 38.8. The van der Waals surface area contributed by atoms with Gasteiger partial charge in [-0.1, -0.05) is 85.4 Å². The Hall–Kier alpha value is -5.70. The van der Waals surface area contributed by atoms with E-state index in [1.165, 1.54) is 64.2 Å². The highest BCUT2D eigenvalue weighted by Crippen LogP contribution is 2.46. The van der Waals surface area contributed by atoms with Crippen LogP contribution in [0, 0.1) is 0 Å². The predicted octanol–water partition coefficient (Wildman–Crippen LogP) is 11.6. The molecule has 2 aromatic heterocycles. The number of thioether (sulfide) groups is 2. The Labute approximate surface area is 442 Å². The van der Waals surface area contributed by atoms with Gasteiger partial charge in [0.25, 0.3) is 0 Å². The monoisotopic (exact) mass is 1020 g/mol. The van der Waals surface area contributed by atoms with Crippen LogP contribution in [0.1, 0.15) is 88.7 Å². The number of nitrogens with zero attached hydrogens (tertiary/aromatic N) is 4. The Morgan fingerprint density at radius 2 is 0.986 bits per heavy atom. The van der Waals surface area contributed by atoms with Crippen molar-refractivity contribution in [2.75, 3.05) is 77.1 Å². The molecule has 6 aromatic rings. The van der Waals surface area contributed by atoms with E-state index < -0.39 is 0 Å². The largest absolute Gasteiger partial charge is 0.382 e. The molecular formula is C60H76N6O5S2+2. The van der Waals surface area contributed by atoms with Crippen molar-refractivity contribution in [1.82, 2.24) is 10.6 Å². The van der Waals surface area contributed by atoms with Crippen LogP contribution >= 0.6 is 23.5 Å². The number of anilines is 2. The number of carbonyl (C=O) groups excluding carboxylic acids is 2. The molecule has 2 aliphatic heterocycles. The predicted molar refractivity (Wildman–Crippen MR) is 302 cm³/mol. The number of fused-ring (bicyclic) bond motifs is 4. The van der Waals surface area contributed by atoms with E-state index in [1.807, 2.05) is 23.5 Å². The molecule has 4 heterocycles. The van der Waals surface area contributed by atoms with E-state index in [9.17, 15) is 9.59 Å². The summed E-state index contributed by atoms with van der Waals surface area (Å²) in [6.07, 6.45) is 19.2. The molecule has 0 radical (unpaired) electrons. The van der Waals surface area contributed by atoms with Crippen molar-refractivity contribution in [2.45, 2.75) is 100 Å². The van der Waals surface area contributed by atoms with E-state index in [1.54, 1.807) is 7.11 Å². The highest BCUT2D eigenvalue weighted by atomic mass is 32.2. The third-order valence-electron chi connectivity index (χ3n) is 13.1. The zero-order valence-electron chi connectivity index (χ0n) is 43.5. The van der Waals surface area contributed by atoms with E-state index in [-0.39, 0.29) is 11.8 Å². The maximum absolute atomic E-state index is 12.2. The van der Waals surface area contributed by atoms with Crippen molar-refractivity contribution in [2.24, 2.45) is 0 Å². The number of methoxy groups -OCH3 is 1. The molecule has 0 spiro atoms. The number of para-hydroxylation sites is 4. The highest BCUT2D eigenvalue weighted by Gasteiger charge is 2.24. The molecule has 8 rings (SSSR count). The van der Waals surface area contributed by atoms with Crippen molar-refractivity contribution >= 4 is 80.7 Å². The fourth-order valence-electron chi connectivity index (χ4n) is 8.95. The van der Waals surface area contributed by atoms with Crippen LogP contribution in [-0.4, -0.2) is 79.1 Å². The lowest BCUT2D eigenvalue weighted by molar-refractivity contribution is -0.672. The van der Waals surface area contributed by atoms with Crippen LogP contribution in [0.15, 0.2) is 141 Å². The van der Waals surface area contributed by atoms with E-state index in [4.69, 9.17) is 14.2 Å². The SMILES string of the molecule is CCCCNC(=O)CCCCC[n+]1ccc(C=C2Sc3ccccc3N2C)c2ccccc21.COCCOCCOCCCNC(=O)CCCCC[n+]1ccc(C=C2Sc3ccccc3N2C)c2ccccc21. The number of amides is 2. The third-order valence-corrected chi connectivity index (χ3v) is 15.4. The second-order valence-corrected chi connectivity index (χ2v) is 20.6. The van der Waals surface area contributed by atoms with Gasteiger partial charge in [-0.2, -0.15) is 9.13 Å². The summed E-state index contributed by atoms with van der Waals surface area (Å²) in [5.41, 5.74) is 7.49. The van der Waals surface area contributed by atoms with Gasteiger partial charge in [-0.05, 0) is 98.2 Å². The summed E-state index contributed by atoms with van der Waals surface area (Å²) in [7, 11) is 5.93. The van der Waals surface area contributed by atoms with Crippen molar-refractivity contribution in [1.29, 1.82) is 0 Å². The summed E-state index contributed by atoms with van der Waals surface area (Å²) in [4.78, 5) is 31.2. The number of nitrogens with one attached hydrogen (secondary N) is 2. The molecule has 0 fully saturated rings. The molecule has 0 saturated heterocycles. The number of carbonyl (C=O) groups is 2. The number of ether oxygens (including phenoxy) is 3. The second-order valence-electron chi connectivity index (χ2n) is 18.4. The van der Waals surface area contributed by atoms with Gasteiger partial charge in [0.1, 0.15) is 13.1 Å². The Bertz CT molecular complexity index is 2780. The lowest BCUT2D eigenvalue weighted by Gasteiger charge is -2.13. The first-order chi connectivity index (χ1) is 35.8. The molecular weight excluding hydrogens is 949 g/mol. The number of unbranched alkanes of at least 4 members (excludes halogenated alkanes) is 5. The molecule has 2 N–H and O–H groups in total. The summed E-state index contributed by atoms with van der Waals surface area (Å²) in [6.45, 7) is 8.44. The molecule has 11 nitrogen and oxygen atoms in total. The van der Waals surface area contributed by atoms with E-state index in [0.717, 1.165) is 77.4 Å². The molecule has 2 amide bonds. The number of hydrogen-bond donors (Lipinski definition) is 2. The van der Waals surface area contributed by atoms with Gasteiger partial charge in [-0.15, -0.1) is 0 Å². The summed E-state index contributed by atoms with van der Waals surface area (Å²) >= 11 is 3.65. The van der Waals surface area contributed by atoms with Crippen LogP contribution < -0.4 is 29.6 Å². The minimum absolute atomic E-state index is 0.121. The molecule has 0 atom stereocenters. The Balaban J connectivity index is 0.000000218. The molecule has 2 aliphatic rings. The molecule has 0 unspecified atom stereocenters. The number of hydrogen-bond acceptors (Lipinski definition) is 9. The molecule has 0 aliphatic carbocycles. The Kier molecular flexibility index (Phi) is 22.5. The molecule has 386 valence electrons. The minimum atomic E-state index is 0.121. The first-order valence-corrected chi connectivity index (χ1v) is 27.9. The van der Waals surface area contributed by atoms with Crippen LogP contribution in [0.4, 0.5) is 11.4 Å². The number of rotatable bonds is 27. The maximum atomic E-state index is 12.2. The average Bonchev–Trinajstić information content (AvgIpc) is 3.91. The van der Waals surface area contributed by atoms with Crippen molar-refractivity contribution < 1.29 is 32.9 Å². The Morgan fingerprint density at radius 1 is 0.534 bits per heavy atom. The smallest absolute Gasteiger partial charge is 0.219 e. The van der Waals surface area contributed by atoms with Gasteiger partial charge in [0.2, 0.25) is 22.8 Å². The van der Waals surface area contributed by atoms with Gasteiger partial charge < -0.3 is 34.6 Å². The van der Waals surface area contributed by atoms with Crippen LogP contribution in [-0.2, 0) is 36.9 Å². The minimum Gasteiger partial charge on any atom is -0.382 e. The fraction of sp³-hybridized carbons (Fsp3) is 0.400. The lowest BCUT2D eigenvalue weighted by Crippen LogP contribution is -2.34. The van der Waals surface area contributed by atoms with Gasteiger partial charge in [0, 0.05) is 101 Å². The van der Waals surface area contributed by atoms with Crippen LogP contribution in [0.5, 0.6) is 0 Å². The number of aryl methyl sites for hydroxylation is 2. The van der Waals surface area contributed by atoms with Gasteiger partial charge in [0.15, 0.2) is 12.4 Å². The zero-order chi connectivity index (χ0) is 51.0. The second kappa shape index (κ2) is 29.9. The van der Waals surface area contributed by atoms with Crippen molar-refractivity contribution in [3.05, 3.63) is 143 Å². The van der Waals surface area contributed by atoms with E-state index in [0.29, 0.717) is 52.4 Å². The first-order valence-electron chi connectivity index (χ1n) is 26.3. The quantitative estimate of drug-likeness (QED) is 0.0386. The van der Waals surface area contributed by atoms with Crippen molar-refractivity contribution in [3.8, 4) is 0 Å². The third kappa shape index (κ3) is 16.4. The van der Waals surface area contributed by atoms with Gasteiger partial charge >= 0.3 is 0 Å². The topological polar surface area (TPSA) is 100 Å². The van der Waals surface area contributed by atoms with Gasteiger partial charge in [-0.3, -0.25) is 9.59 Å². The number of pyridine rings is 2. The lowest BCUT2D eigenvalue weighted by atomic mass is 10.1. The zero-order valence-corrected chi connectivity index (χ0v) is 45.1. The standard InChI is InChI=1S/C32H41N3O4S.C28H33N3OS/c1-34-29-13-7-8-14-30(29)40-32(34)25-26-16-19-35(28-12-6-5-11-27(26)28)18-9-3-4-15-31(36)33-17-10-20-38-23-24-39-22-21-37-2;1-3-4-18-29-27(32)16-6-5-11-19-31-20-17-22(23-12-7-8-13-24(23)31)21-28-30(2)25-14-9-10-15-26(25)33-28/h5-8,11-14,16,19,25H,3-4,9-10,15,17-18,20-24H2,1-2H3;7-10,12-15,17,20-21H,3-6,11,16,18-19H2,1-2H3/p+2. The number of benzene rings is 4. The average molecular weight is 1030 g/mol. The Morgan fingerprint density at radius 3 is 1.48 bits per heavy atom. The molecule has 0 bridgehead atoms. The van der Waals surface area contributed by atoms with E-state index >= 15 is 0 Å². The highest BCUT2D eigenvalue weighted by molar-refractivity contribution is 8.04. The van der Waals surface area contributed by atoms with Crippen LogP contribution in [0.25, 0.3) is 34.0 Å². The molecule has 13 heteroatoms. The molecule has 0 saturated carbocycles. The first kappa shape index (κ1) is 55.1. The maximum Gasteiger partial charge on any atom is 0.219 e. The summed E-state index contributed by atoms with van der Waals surface area (Å²) < 4.78 is 20.5. The number of aromatic nitrogens is 2. The van der Waals surface area contributed by atoms with Gasteiger partial charge in [0.05, 0.1) is 58.6 Å². The van der Waals surface area contributed by atoms with Gasteiger partial charge in [-0.25, -0.2) is 0 Å². The summed E-state index contributed by atoms with van der Waals surface area (Å²) in [5.74, 6) is 0.311. The molecule has 73 heavy (non-hydrogen) atoms. The van der Waals surface area contributed by atoms with E-state index in [2.05, 4.69) is 184 Å². The van der Waals surface area contributed by atoms with Crippen LogP contribution in [0.2, 0.25) is 0 Å². The van der Waals surface area contributed by atoms with Crippen LogP contribution in [0.3, 0.4) is 0 Å². The fourth-order valence-corrected chi connectivity index (χ4v) is 11.2.